The van der Waals surface area contributed by atoms with E-state index in [4.69, 9.17) is 10.8 Å². The maximum atomic E-state index is 11.8. The molecule has 1 rings (SSSR count). The van der Waals surface area contributed by atoms with E-state index in [1.807, 2.05) is 0 Å². The van der Waals surface area contributed by atoms with Gasteiger partial charge in [-0.3, -0.25) is 4.79 Å². The number of benzene rings is 1. The Hall–Kier alpha value is -1.07. The molecular weight excluding hydrogens is 284 g/mol. The molecule has 1 aromatic carbocycles. The summed E-state index contributed by atoms with van der Waals surface area (Å²) < 4.78 is 0.856. The second-order valence-electron chi connectivity index (χ2n) is 3.77. The van der Waals surface area contributed by atoms with Crippen molar-refractivity contribution < 1.29 is 9.90 Å². The Morgan fingerprint density at radius 3 is 2.76 bits per heavy atom. The molecule has 0 spiro atoms. The molecule has 0 atom stereocenters. The highest BCUT2D eigenvalue weighted by Crippen LogP contribution is 2.18. The zero-order chi connectivity index (χ0) is 12.7. The van der Waals surface area contributed by atoms with Crippen molar-refractivity contribution in [3.8, 4) is 0 Å². The van der Waals surface area contributed by atoms with Crippen molar-refractivity contribution in [1.82, 2.24) is 5.32 Å². The van der Waals surface area contributed by atoms with E-state index >= 15 is 0 Å². The molecule has 0 saturated heterocycles. The summed E-state index contributed by atoms with van der Waals surface area (Å²) in [7, 11) is 0. The van der Waals surface area contributed by atoms with Crippen LogP contribution in [-0.4, -0.2) is 24.2 Å². The Bertz CT molecular complexity index is 383. The monoisotopic (exact) mass is 300 g/mol. The Morgan fingerprint density at radius 2 is 2.12 bits per heavy atom. The van der Waals surface area contributed by atoms with Crippen molar-refractivity contribution >= 4 is 27.5 Å². The number of anilines is 1. The maximum Gasteiger partial charge on any atom is 0.253 e. The van der Waals surface area contributed by atoms with Crippen LogP contribution < -0.4 is 11.1 Å². The molecule has 0 bridgehead atoms. The minimum absolute atomic E-state index is 0.154. The molecule has 4 N–H and O–H groups in total. The second-order valence-corrected chi connectivity index (χ2v) is 4.69. The van der Waals surface area contributed by atoms with Crippen LogP contribution in [0.4, 0.5) is 5.69 Å². The van der Waals surface area contributed by atoms with Crippen LogP contribution in [0.25, 0.3) is 0 Å². The predicted molar refractivity (Wildman–Crippen MR) is 71.8 cm³/mol. The minimum atomic E-state index is -0.154. The summed E-state index contributed by atoms with van der Waals surface area (Å²) >= 11 is 3.29. The van der Waals surface area contributed by atoms with Crippen molar-refractivity contribution in [3.63, 3.8) is 0 Å². The van der Waals surface area contributed by atoms with E-state index < -0.39 is 0 Å². The summed E-state index contributed by atoms with van der Waals surface area (Å²) in [5, 5.41) is 11.4. The minimum Gasteiger partial charge on any atom is -0.398 e. The summed E-state index contributed by atoms with van der Waals surface area (Å²) in [5.41, 5.74) is 6.71. The lowest BCUT2D eigenvalue weighted by molar-refractivity contribution is 0.0953. The van der Waals surface area contributed by atoms with Gasteiger partial charge in [-0.2, -0.15) is 0 Å². The number of amides is 1. The Balaban J connectivity index is 2.42. The lowest BCUT2D eigenvalue weighted by Crippen LogP contribution is -2.25. The van der Waals surface area contributed by atoms with Gasteiger partial charge < -0.3 is 16.2 Å². The van der Waals surface area contributed by atoms with Crippen molar-refractivity contribution in [2.24, 2.45) is 0 Å². The number of nitrogen functional groups attached to an aromatic ring is 1. The largest absolute Gasteiger partial charge is 0.398 e. The molecule has 0 aliphatic carbocycles. The number of hydrogen-bond acceptors (Lipinski definition) is 3. The Morgan fingerprint density at radius 1 is 1.35 bits per heavy atom. The van der Waals surface area contributed by atoms with E-state index in [0.29, 0.717) is 17.8 Å². The van der Waals surface area contributed by atoms with Crippen LogP contribution in [0.1, 0.15) is 29.6 Å². The van der Waals surface area contributed by atoms with Crippen molar-refractivity contribution in [1.29, 1.82) is 0 Å². The molecule has 0 fully saturated rings. The van der Waals surface area contributed by atoms with Gasteiger partial charge >= 0.3 is 0 Å². The Labute approximate surface area is 109 Å². The first-order chi connectivity index (χ1) is 8.15. The highest BCUT2D eigenvalue weighted by Gasteiger charge is 2.08. The second kappa shape index (κ2) is 7.29. The number of aliphatic hydroxyl groups excluding tert-OH is 1. The average Bonchev–Trinajstić information content (AvgIpc) is 2.28. The fourth-order valence-corrected chi connectivity index (χ4v) is 1.83. The van der Waals surface area contributed by atoms with Crippen LogP contribution in [0, 0.1) is 0 Å². The van der Waals surface area contributed by atoms with E-state index in [2.05, 4.69) is 21.2 Å². The van der Waals surface area contributed by atoms with E-state index in [0.717, 1.165) is 23.7 Å². The molecule has 1 aromatic rings. The third-order valence-corrected chi connectivity index (χ3v) is 2.87. The molecule has 94 valence electrons. The number of halogens is 1. The highest BCUT2D eigenvalue weighted by atomic mass is 79.9. The third kappa shape index (κ3) is 4.75. The number of hydrogen-bond donors (Lipinski definition) is 3. The van der Waals surface area contributed by atoms with Crippen molar-refractivity contribution in [2.45, 2.75) is 19.3 Å². The summed E-state index contributed by atoms with van der Waals surface area (Å²) in [6, 6.07) is 5.19. The van der Waals surface area contributed by atoms with Crippen LogP contribution in [0.5, 0.6) is 0 Å². The third-order valence-electron chi connectivity index (χ3n) is 2.38. The predicted octanol–water partition coefficient (Wildman–Crippen LogP) is 1.92. The van der Waals surface area contributed by atoms with Crippen molar-refractivity contribution in [3.05, 3.63) is 28.2 Å². The van der Waals surface area contributed by atoms with E-state index in [9.17, 15) is 4.79 Å². The molecule has 0 aliphatic rings. The van der Waals surface area contributed by atoms with Gasteiger partial charge in [-0.15, -0.1) is 0 Å². The normalized spacial score (nSPS) is 10.2. The fourth-order valence-electron chi connectivity index (χ4n) is 1.45. The number of carbonyl (C=O) groups excluding carboxylic acids is 1. The van der Waals surface area contributed by atoms with Gasteiger partial charge in [-0.25, -0.2) is 0 Å². The molecule has 1 amide bonds. The van der Waals surface area contributed by atoms with Crippen LogP contribution in [0.2, 0.25) is 0 Å². The zero-order valence-electron chi connectivity index (χ0n) is 9.58. The lowest BCUT2D eigenvalue weighted by Gasteiger charge is -2.07. The molecular formula is C12H17BrN2O2. The first kappa shape index (κ1) is 14.0. The van der Waals surface area contributed by atoms with Crippen LogP contribution in [0.3, 0.4) is 0 Å². The fraction of sp³-hybridized carbons (Fsp3) is 0.417. The molecule has 0 aliphatic heterocycles. The number of rotatable bonds is 6. The van der Waals surface area contributed by atoms with Gasteiger partial charge in [-0.05, 0) is 37.5 Å². The van der Waals surface area contributed by atoms with Gasteiger partial charge in [0.2, 0.25) is 0 Å². The van der Waals surface area contributed by atoms with E-state index in [1.54, 1.807) is 18.2 Å². The summed E-state index contributed by atoms with van der Waals surface area (Å²) in [6.07, 6.45) is 2.55. The molecule has 4 nitrogen and oxygen atoms in total. The molecule has 0 aromatic heterocycles. The molecule has 0 unspecified atom stereocenters. The maximum absolute atomic E-state index is 11.8. The number of carbonyl (C=O) groups is 1. The number of aliphatic hydroxyl groups is 1. The lowest BCUT2D eigenvalue weighted by atomic mass is 10.1. The molecule has 0 saturated carbocycles. The van der Waals surface area contributed by atoms with Gasteiger partial charge in [0, 0.05) is 23.3 Å². The first-order valence-electron chi connectivity index (χ1n) is 5.59. The quantitative estimate of drug-likeness (QED) is 0.555. The van der Waals surface area contributed by atoms with Crippen LogP contribution >= 0.6 is 15.9 Å². The van der Waals surface area contributed by atoms with Crippen LogP contribution in [-0.2, 0) is 0 Å². The van der Waals surface area contributed by atoms with Gasteiger partial charge in [0.15, 0.2) is 0 Å². The summed E-state index contributed by atoms with van der Waals surface area (Å²) in [5.74, 6) is -0.154. The van der Waals surface area contributed by atoms with Crippen molar-refractivity contribution in [2.75, 3.05) is 18.9 Å². The molecule has 5 heteroatoms. The number of nitrogens with one attached hydrogen (secondary N) is 1. The topological polar surface area (TPSA) is 75.4 Å². The van der Waals surface area contributed by atoms with Gasteiger partial charge in [0.05, 0.1) is 5.56 Å². The van der Waals surface area contributed by atoms with Crippen LogP contribution in [0.15, 0.2) is 22.7 Å². The van der Waals surface area contributed by atoms with E-state index in [1.165, 1.54) is 0 Å². The molecule has 17 heavy (non-hydrogen) atoms. The van der Waals surface area contributed by atoms with Gasteiger partial charge in [0.1, 0.15) is 0 Å². The van der Waals surface area contributed by atoms with Gasteiger partial charge in [-0.1, -0.05) is 15.9 Å². The highest BCUT2D eigenvalue weighted by molar-refractivity contribution is 9.10. The zero-order valence-corrected chi connectivity index (χ0v) is 11.2. The number of unbranched alkanes of at least 4 members (excludes halogenated alkanes) is 2. The smallest absolute Gasteiger partial charge is 0.253 e. The molecule has 0 radical (unpaired) electrons. The summed E-state index contributed by atoms with van der Waals surface area (Å²) in [4.78, 5) is 11.8. The standard InChI is InChI=1S/C12H17BrN2O2/c13-9-4-5-10(11(14)8-9)12(17)15-6-2-1-3-7-16/h4-5,8,16H,1-3,6-7,14H2,(H,15,17). The summed E-state index contributed by atoms with van der Waals surface area (Å²) in [6.45, 7) is 0.807. The number of nitrogens with two attached hydrogens (primary N) is 1. The average molecular weight is 301 g/mol. The Kier molecular flexibility index (Phi) is 6.00. The molecule has 0 heterocycles. The first-order valence-corrected chi connectivity index (χ1v) is 6.38. The SMILES string of the molecule is Nc1cc(Br)ccc1C(=O)NCCCCCO. The van der Waals surface area contributed by atoms with E-state index in [-0.39, 0.29) is 12.5 Å². The van der Waals surface area contributed by atoms with Gasteiger partial charge in [0.25, 0.3) is 5.91 Å².